The second-order valence-electron chi connectivity index (χ2n) is 4.63. The summed E-state index contributed by atoms with van der Waals surface area (Å²) < 4.78 is 16.3. The predicted molar refractivity (Wildman–Crippen MR) is 64.1 cm³/mol. The summed E-state index contributed by atoms with van der Waals surface area (Å²) in [5.74, 6) is 0.488. The van der Waals surface area contributed by atoms with E-state index in [1.807, 2.05) is 5.38 Å². The van der Waals surface area contributed by atoms with E-state index in [0.717, 1.165) is 12.1 Å². The van der Waals surface area contributed by atoms with Gasteiger partial charge in [0, 0.05) is 25.5 Å². The Bertz CT molecular complexity index is 391. The van der Waals surface area contributed by atoms with E-state index in [1.165, 1.54) is 17.8 Å². The van der Waals surface area contributed by atoms with E-state index in [9.17, 15) is 0 Å². The van der Waals surface area contributed by atoms with E-state index in [0.29, 0.717) is 18.1 Å². The van der Waals surface area contributed by atoms with Crippen LogP contribution in [0.5, 0.6) is 0 Å². The van der Waals surface area contributed by atoms with Crippen molar-refractivity contribution in [2.75, 3.05) is 14.2 Å². The zero-order valence-electron chi connectivity index (χ0n) is 10.1. The number of aromatic nitrogens is 1. The lowest BCUT2D eigenvalue weighted by Crippen LogP contribution is -2.14. The minimum absolute atomic E-state index is 0.348. The molecule has 3 unspecified atom stereocenters. The van der Waals surface area contributed by atoms with Crippen molar-refractivity contribution >= 4 is 11.3 Å². The second-order valence-corrected chi connectivity index (χ2v) is 5.52. The molecule has 0 radical (unpaired) electrons. The van der Waals surface area contributed by atoms with Crippen LogP contribution in [0.15, 0.2) is 5.38 Å². The molecular formula is C12H17NO3S. The van der Waals surface area contributed by atoms with E-state index < -0.39 is 0 Å². The Hall–Kier alpha value is -0.490. The SMILES string of the molecule is COC(OC)c1csc(C2CC3CCC2O3)n1. The molecule has 0 aromatic carbocycles. The van der Waals surface area contributed by atoms with Crippen LogP contribution in [-0.2, 0) is 14.2 Å². The summed E-state index contributed by atoms with van der Waals surface area (Å²) >= 11 is 1.69. The molecule has 1 aromatic rings. The highest BCUT2D eigenvalue weighted by Gasteiger charge is 2.42. The molecule has 94 valence electrons. The fourth-order valence-electron chi connectivity index (χ4n) is 2.81. The number of ether oxygens (including phenoxy) is 3. The molecule has 2 bridgehead atoms. The van der Waals surface area contributed by atoms with Gasteiger partial charge in [-0.2, -0.15) is 0 Å². The number of nitrogens with zero attached hydrogens (tertiary/aromatic N) is 1. The number of hydrogen-bond donors (Lipinski definition) is 0. The number of fused-ring (bicyclic) bond motifs is 2. The molecule has 4 nitrogen and oxygen atoms in total. The first-order chi connectivity index (χ1) is 8.31. The quantitative estimate of drug-likeness (QED) is 0.775. The topological polar surface area (TPSA) is 40.6 Å². The maximum Gasteiger partial charge on any atom is 0.201 e. The number of hydrogen-bond acceptors (Lipinski definition) is 5. The molecule has 0 N–H and O–H groups in total. The zero-order valence-corrected chi connectivity index (χ0v) is 10.9. The second kappa shape index (κ2) is 4.65. The smallest absolute Gasteiger partial charge is 0.201 e. The average Bonchev–Trinajstić information content (AvgIpc) is 3.06. The van der Waals surface area contributed by atoms with Gasteiger partial charge in [0.2, 0.25) is 6.29 Å². The molecule has 17 heavy (non-hydrogen) atoms. The third-order valence-electron chi connectivity index (χ3n) is 3.63. The first kappa shape index (κ1) is 11.6. The van der Waals surface area contributed by atoms with Crippen molar-refractivity contribution in [3.63, 3.8) is 0 Å². The van der Waals surface area contributed by atoms with E-state index >= 15 is 0 Å². The van der Waals surface area contributed by atoms with Crippen LogP contribution < -0.4 is 0 Å². The van der Waals surface area contributed by atoms with Crippen molar-refractivity contribution in [2.45, 2.75) is 43.7 Å². The molecule has 2 aliphatic heterocycles. The number of thiazole rings is 1. The summed E-state index contributed by atoms with van der Waals surface area (Å²) in [4.78, 5) is 4.64. The van der Waals surface area contributed by atoms with E-state index in [2.05, 4.69) is 4.98 Å². The number of rotatable bonds is 4. The van der Waals surface area contributed by atoms with E-state index in [-0.39, 0.29) is 6.29 Å². The molecule has 3 atom stereocenters. The highest BCUT2D eigenvalue weighted by molar-refractivity contribution is 7.09. The predicted octanol–water partition coefficient (Wildman–Crippen LogP) is 2.47. The standard InChI is InChI=1S/C12H17NO3S/c1-14-12(15-2)9-6-17-11(13-9)8-5-7-3-4-10(8)16-7/h6-8,10,12H,3-5H2,1-2H3. The molecule has 0 amide bonds. The van der Waals surface area contributed by atoms with Crippen LogP contribution in [0.1, 0.15) is 42.2 Å². The van der Waals surface area contributed by atoms with Crippen molar-refractivity contribution in [3.8, 4) is 0 Å². The summed E-state index contributed by atoms with van der Waals surface area (Å²) in [5.41, 5.74) is 0.873. The lowest BCUT2D eigenvalue weighted by atomic mass is 9.90. The maximum atomic E-state index is 5.87. The first-order valence-electron chi connectivity index (χ1n) is 5.98. The Labute approximate surface area is 105 Å². The molecule has 1 aromatic heterocycles. The molecule has 3 rings (SSSR count). The third kappa shape index (κ3) is 2.01. The van der Waals surface area contributed by atoms with E-state index in [1.54, 1.807) is 25.6 Å². The highest BCUT2D eigenvalue weighted by atomic mass is 32.1. The molecule has 2 fully saturated rings. The van der Waals surface area contributed by atoms with Crippen molar-refractivity contribution in [1.29, 1.82) is 0 Å². The largest absolute Gasteiger partial charge is 0.374 e. The van der Waals surface area contributed by atoms with Crippen LogP contribution in [0.25, 0.3) is 0 Å². The Morgan fingerprint density at radius 1 is 1.41 bits per heavy atom. The molecule has 3 heterocycles. The minimum Gasteiger partial charge on any atom is -0.374 e. The molecule has 0 aliphatic carbocycles. The summed E-state index contributed by atoms with van der Waals surface area (Å²) in [6, 6.07) is 0. The van der Waals surface area contributed by atoms with E-state index in [4.69, 9.17) is 14.2 Å². The fourth-order valence-corrected chi connectivity index (χ4v) is 3.80. The van der Waals surface area contributed by atoms with Crippen LogP contribution in [-0.4, -0.2) is 31.4 Å². The lowest BCUT2D eigenvalue weighted by molar-refractivity contribution is -0.108. The van der Waals surface area contributed by atoms with Crippen LogP contribution in [0, 0.1) is 0 Å². The third-order valence-corrected chi connectivity index (χ3v) is 4.63. The van der Waals surface area contributed by atoms with Gasteiger partial charge in [0.05, 0.1) is 17.2 Å². The molecular weight excluding hydrogens is 238 g/mol. The minimum atomic E-state index is -0.348. The van der Waals surface area contributed by atoms with Gasteiger partial charge in [-0.3, -0.25) is 0 Å². The van der Waals surface area contributed by atoms with Crippen LogP contribution in [0.4, 0.5) is 0 Å². The lowest BCUT2D eigenvalue weighted by Gasteiger charge is -2.15. The van der Waals surface area contributed by atoms with Crippen LogP contribution in [0.2, 0.25) is 0 Å². The van der Waals surface area contributed by atoms with Crippen molar-refractivity contribution < 1.29 is 14.2 Å². The average molecular weight is 255 g/mol. The van der Waals surface area contributed by atoms with Crippen molar-refractivity contribution in [3.05, 3.63) is 16.1 Å². The van der Waals surface area contributed by atoms with Gasteiger partial charge < -0.3 is 14.2 Å². The van der Waals surface area contributed by atoms with Gasteiger partial charge in [-0.1, -0.05) is 0 Å². The summed E-state index contributed by atoms with van der Waals surface area (Å²) in [6.45, 7) is 0. The Kier molecular flexibility index (Phi) is 3.17. The van der Waals surface area contributed by atoms with Gasteiger partial charge >= 0.3 is 0 Å². The zero-order chi connectivity index (χ0) is 11.8. The monoisotopic (exact) mass is 255 g/mol. The Balaban J connectivity index is 1.76. The Morgan fingerprint density at radius 2 is 2.24 bits per heavy atom. The van der Waals surface area contributed by atoms with Gasteiger partial charge in [-0.05, 0) is 19.3 Å². The summed E-state index contributed by atoms with van der Waals surface area (Å²) in [7, 11) is 3.27. The molecule has 2 saturated heterocycles. The maximum absolute atomic E-state index is 5.87. The van der Waals surface area contributed by atoms with Gasteiger partial charge in [0.1, 0.15) is 5.69 Å². The van der Waals surface area contributed by atoms with Crippen molar-refractivity contribution in [1.82, 2.24) is 4.98 Å². The van der Waals surface area contributed by atoms with Gasteiger partial charge in [-0.25, -0.2) is 4.98 Å². The molecule has 0 saturated carbocycles. The van der Waals surface area contributed by atoms with Gasteiger partial charge in [-0.15, -0.1) is 11.3 Å². The van der Waals surface area contributed by atoms with Gasteiger partial charge in [0.15, 0.2) is 0 Å². The molecule has 5 heteroatoms. The summed E-state index contributed by atoms with van der Waals surface area (Å²) in [6.07, 6.45) is 4.04. The highest BCUT2D eigenvalue weighted by Crippen LogP contribution is 2.45. The first-order valence-corrected chi connectivity index (χ1v) is 6.86. The summed E-state index contributed by atoms with van der Waals surface area (Å²) in [5, 5.41) is 3.20. The van der Waals surface area contributed by atoms with Crippen LogP contribution in [0.3, 0.4) is 0 Å². The van der Waals surface area contributed by atoms with Gasteiger partial charge in [0.25, 0.3) is 0 Å². The fraction of sp³-hybridized carbons (Fsp3) is 0.750. The van der Waals surface area contributed by atoms with Crippen LogP contribution >= 0.6 is 11.3 Å². The molecule has 0 spiro atoms. The Morgan fingerprint density at radius 3 is 2.82 bits per heavy atom. The van der Waals surface area contributed by atoms with Crippen molar-refractivity contribution in [2.24, 2.45) is 0 Å². The molecule has 2 aliphatic rings. The normalized spacial score (nSPS) is 31.6. The number of methoxy groups -OCH3 is 2.